The number of carbonyl (C=O) groups excluding carboxylic acids is 6. The van der Waals surface area contributed by atoms with Gasteiger partial charge < -0.3 is 45.2 Å². The summed E-state index contributed by atoms with van der Waals surface area (Å²) in [4.78, 5) is 131. The van der Waals surface area contributed by atoms with Gasteiger partial charge in [0.1, 0.15) is 28.0 Å². The first-order valence-corrected chi connectivity index (χ1v) is 50.7. The molecule has 6 aliphatic rings. The summed E-state index contributed by atoms with van der Waals surface area (Å²) in [7, 11) is 0. The molecule has 6 N–H and O–H groups in total. The maximum absolute atomic E-state index is 13.7. The monoisotopic (exact) mass is 1860 g/mol. The number of piperidine rings is 3. The number of hydrogen-bond acceptors (Lipinski definition) is 28. The zero-order chi connectivity index (χ0) is 85.3. The van der Waals surface area contributed by atoms with Crippen molar-refractivity contribution < 1.29 is 58.3 Å². The Kier molecular flexibility index (Phi) is 25.9. The van der Waals surface area contributed by atoms with E-state index in [9.17, 15) is 44.1 Å². The average molecular weight is 1860 g/mol. The van der Waals surface area contributed by atoms with Gasteiger partial charge in [0.2, 0.25) is 0 Å². The van der Waals surface area contributed by atoms with Crippen LogP contribution in [0.3, 0.4) is 0 Å². The summed E-state index contributed by atoms with van der Waals surface area (Å²) in [6.45, 7) is 20.6. The first-order chi connectivity index (χ1) is 56.3. The number of anilines is 9. The van der Waals surface area contributed by atoms with Crippen molar-refractivity contribution in [1.82, 2.24) is 73.8 Å². The van der Waals surface area contributed by atoms with Crippen molar-refractivity contribution in [1.29, 1.82) is 0 Å². The third kappa shape index (κ3) is 20.6. The molecule has 0 unspecified atom stereocenters. The van der Waals surface area contributed by atoms with Crippen LogP contribution in [0.25, 0.3) is 22.6 Å². The van der Waals surface area contributed by atoms with Crippen molar-refractivity contribution in [3.05, 3.63) is 164 Å². The Hall–Kier alpha value is -10.2. The van der Waals surface area contributed by atoms with Crippen molar-refractivity contribution >= 4 is 172 Å². The number of carbonyl (C=O) groups is 6. The minimum atomic E-state index is -2.69. The molecule has 0 spiro atoms. The van der Waals surface area contributed by atoms with E-state index in [1.54, 1.807) is 135 Å². The number of imidazole rings is 2. The first-order valence-electron chi connectivity index (χ1n) is 38.8. The van der Waals surface area contributed by atoms with Crippen LogP contribution in [0.5, 0.6) is 0 Å². The molecule has 626 valence electrons. The molecule has 16 rings (SSSR count). The summed E-state index contributed by atoms with van der Waals surface area (Å²) in [5, 5.41) is 47.9. The van der Waals surface area contributed by atoms with Gasteiger partial charge in [-0.15, -0.1) is 0 Å². The summed E-state index contributed by atoms with van der Waals surface area (Å²) < 4.78 is 21.4. The summed E-state index contributed by atoms with van der Waals surface area (Å²) in [6.07, 6.45) is 18.2. The molecular weight excluding hydrogens is 1760 g/mol. The Labute approximate surface area is 714 Å². The third-order valence-corrected chi connectivity index (χ3v) is 26.3. The van der Waals surface area contributed by atoms with Crippen LogP contribution >= 0.6 is 50.7 Å². The van der Waals surface area contributed by atoms with Crippen LogP contribution in [-0.2, 0) is 33.8 Å². The Morgan fingerprint density at radius 1 is 0.462 bits per heavy atom. The molecule has 119 heavy (non-hydrogen) atoms. The minimum Gasteiger partial charge on any atom is -0.443 e. The fourth-order valence-corrected chi connectivity index (χ4v) is 19.8. The van der Waals surface area contributed by atoms with E-state index in [2.05, 4.69) is 102 Å². The average Bonchev–Trinajstić information content (AvgIpc) is 1.61. The van der Waals surface area contributed by atoms with Crippen molar-refractivity contribution in [2.75, 3.05) is 69.9 Å². The predicted molar refractivity (Wildman–Crippen MR) is 457 cm³/mol. The molecule has 16 heterocycles. The van der Waals surface area contributed by atoms with E-state index in [1.165, 1.54) is 15.6 Å². The number of nitrogens with zero attached hydrogens (tertiary/aromatic N) is 18. The number of halogens is 4. The van der Waals surface area contributed by atoms with Gasteiger partial charge >= 0.3 is 212 Å². The fourth-order valence-electron chi connectivity index (χ4n) is 14.1. The molecule has 0 radical (unpaired) electrons. The first kappa shape index (κ1) is 86.6. The molecule has 0 aliphatic carbocycles. The quantitative estimate of drug-likeness (QED) is 0.0398. The standard InChI is InChI=1S/C28H29ClN8O4.C22H26ClN5O4.C22H26N5O4.C6H3BrClN3.3CH3.Sn/c1-28(2,3)41-27(40)36-15-19-23(26(36)39)20(14-32-24(19)18-12-21(29)34-37-11-8-30-25(18)37)33-22-5-4-16(13-31-22)35-9-6-17(38)7-10-35;1-22(2,3)32-21(31)28-12-15-18(20(28)30)16(11-25-19(15)23)26-17-5-4-13(10-24-17)27-8-6-14(29)7-9-27;1-22(2,3)31-21(30)27-13-14-10-23-12-17(19(14)20(27)29)25-18-5-4-15(11-24-18)26-8-6-16(28)7-9-26;7-4-3-5(8)10-11-2-1-9-6(4)11;;;;/h4-5,8,11-14,17,38H,6-7,9-10,15H2,1-3H3,(H,31,33);4-5,10-11,14,29H,6-9,12H2,1-3H3,(H,24,26);4-5,11-12,16,28H,6-9,13H2,1-3H3,(H,24,25);1-3H;3*1H3;. The Balaban J connectivity index is 0.000000146. The largest absolute Gasteiger partial charge is 0.443 e. The number of rotatable bonds is 11. The third-order valence-electron chi connectivity index (χ3n) is 19.8. The van der Waals surface area contributed by atoms with Crippen LogP contribution in [0.15, 0.2) is 115 Å². The van der Waals surface area contributed by atoms with Crippen molar-refractivity contribution in [2.24, 2.45) is 0 Å². The van der Waals surface area contributed by atoms with Gasteiger partial charge in [0.25, 0.3) is 11.8 Å². The van der Waals surface area contributed by atoms with Gasteiger partial charge in [0.15, 0.2) is 21.6 Å². The number of aromatic nitrogens is 12. The summed E-state index contributed by atoms with van der Waals surface area (Å²) >= 11 is 18.8. The normalized spacial score (nSPS) is 16.0. The van der Waals surface area contributed by atoms with Crippen molar-refractivity contribution in [3.8, 4) is 11.3 Å². The number of ether oxygens (including phenoxy) is 3. The molecule has 3 fully saturated rings. The number of hydrogen-bond donors (Lipinski definition) is 6. The van der Waals surface area contributed by atoms with E-state index >= 15 is 0 Å². The second-order valence-electron chi connectivity index (χ2n) is 33.3. The Morgan fingerprint density at radius 2 is 0.815 bits per heavy atom. The van der Waals surface area contributed by atoms with Crippen LogP contribution < -0.4 is 34.4 Å². The predicted octanol–water partition coefficient (Wildman–Crippen LogP) is 13.9. The van der Waals surface area contributed by atoms with Gasteiger partial charge in [-0.25, -0.2) is 53.3 Å². The van der Waals surface area contributed by atoms with E-state index in [0.29, 0.717) is 86.1 Å². The molecule has 0 saturated carbocycles. The van der Waals surface area contributed by atoms with E-state index < -0.39 is 65.3 Å². The number of imide groups is 3. The van der Waals surface area contributed by atoms with Crippen LogP contribution in [-0.4, -0.2) is 218 Å². The van der Waals surface area contributed by atoms with Gasteiger partial charge in [0, 0.05) is 67.7 Å². The molecule has 33 nitrogen and oxygen atoms in total. The zero-order valence-corrected chi connectivity index (χ0v) is 74.5. The zero-order valence-electron chi connectivity index (χ0n) is 67.8. The topological polar surface area (TPSA) is 384 Å². The number of aliphatic hydroxyl groups excluding tert-OH is 3. The molecule has 6 aliphatic heterocycles. The Bertz CT molecular complexity index is 5470. The maximum atomic E-state index is 13.7. The van der Waals surface area contributed by atoms with E-state index in [4.69, 9.17) is 59.0 Å². The molecular formula is C81H93BrCl3N21O12Sn. The molecule has 6 amide bonds. The van der Waals surface area contributed by atoms with Gasteiger partial charge in [-0.05, 0) is 120 Å². The number of amides is 6. The van der Waals surface area contributed by atoms with Crippen molar-refractivity contribution in [2.45, 2.75) is 170 Å². The van der Waals surface area contributed by atoms with Gasteiger partial charge in [-0.1, -0.05) is 34.8 Å². The van der Waals surface area contributed by atoms with Gasteiger partial charge in [-0.2, -0.15) is 10.2 Å². The van der Waals surface area contributed by atoms with Crippen LogP contribution in [0.4, 0.5) is 66.0 Å². The maximum Gasteiger partial charge on any atom is 0.417 e. The van der Waals surface area contributed by atoms with E-state index in [0.717, 1.165) is 111 Å². The molecule has 10 aromatic heterocycles. The van der Waals surface area contributed by atoms with Gasteiger partial charge in [0.05, 0.1) is 100 Å². The number of nitrogens with one attached hydrogen (secondary N) is 3. The number of aliphatic hydroxyl groups is 3. The smallest absolute Gasteiger partial charge is 0.417 e. The number of pyridine rings is 6. The molecule has 38 heteroatoms. The van der Waals surface area contributed by atoms with Crippen LogP contribution in [0.2, 0.25) is 30.3 Å². The molecule has 0 bridgehead atoms. The molecule has 0 aromatic carbocycles. The molecule has 3 saturated heterocycles. The van der Waals surface area contributed by atoms with Crippen LogP contribution in [0, 0.1) is 0 Å². The SMILES string of the molecule is CC(C)(C)OC(=O)N1Cc2[c]([Sn]([CH3])([CH3])[CH3])ncc(Nc3ccc(N4CCC(O)CC4)cn3)c2C1=O.CC(C)(C)OC(=O)N1Cc2c(-c3cc(Cl)nn4ccnc34)ncc(Nc3ccc(N4CCC(O)CC4)cn3)c2C1=O.CC(C)(C)OC(=O)N1Cc2c(Cl)ncc(Nc3ccc(N4CCC(O)CC4)cn3)c2C1=O.Clc1cc(Br)c2nccn2n1. The summed E-state index contributed by atoms with van der Waals surface area (Å²) in [6, 6.07) is 14.7. The minimum absolute atomic E-state index is 0.00237. The number of fused-ring (bicyclic) bond motifs is 5. The summed E-state index contributed by atoms with van der Waals surface area (Å²) in [5.74, 6) is 0.243. The second kappa shape index (κ2) is 35.6. The van der Waals surface area contributed by atoms with Crippen molar-refractivity contribution in [3.63, 3.8) is 0 Å². The molecule has 10 aromatic rings. The molecule has 0 atom stereocenters. The second-order valence-corrected chi connectivity index (χ2v) is 49.4. The Morgan fingerprint density at radius 3 is 1.21 bits per heavy atom. The van der Waals surface area contributed by atoms with Gasteiger partial charge in [-0.3, -0.25) is 14.6 Å². The van der Waals surface area contributed by atoms with E-state index in [-0.39, 0.29) is 65.3 Å². The summed E-state index contributed by atoms with van der Waals surface area (Å²) in [5.41, 5.74) is 7.24. The van der Waals surface area contributed by atoms with Crippen LogP contribution in [0.1, 0.15) is 149 Å². The fraction of sp³-hybridized carbons (Fsp3) is 0.407. The van der Waals surface area contributed by atoms with E-state index in [1.807, 2.05) is 36.4 Å².